The average molecular weight is 850 g/mol. The summed E-state index contributed by atoms with van der Waals surface area (Å²) >= 11 is 0. The lowest BCUT2D eigenvalue weighted by Crippen LogP contribution is -2.43. The predicted molar refractivity (Wildman–Crippen MR) is 273 cm³/mol. The second-order valence-corrected chi connectivity index (χ2v) is 18.3. The number of aromatic nitrogens is 3. The lowest BCUT2D eigenvalue weighted by atomic mass is 9.52. The van der Waals surface area contributed by atoms with Crippen molar-refractivity contribution in [3.05, 3.63) is 281 Å². The van der Waals surface area contributed by atoms with Gasteiger partial charge in [0.2, 0.25) is 0 Å². The Kier molecular flexibility index (Phi) is 7.36. The monoisotopic (exact) mass is 849 g/mol. The van der Waals surface area contributed by atoms with Crippen LogP contribution in [0.5, 0.6) is 0 Å². The second kappa shape index (κ2) is 13.4. The molecule has 12 aromatic rings. The molecule has 0 amide bonds. The van der Waals surface area contributed by atoms with Gasteiger partial charge in [0.25, 0.3) is 0 Å². The number of fused-ring (bicyclic) bond motifs is 21. The summed E-state index contributed by atoms with van der Waals surface area (Å²) in [7, 11) is 0. The van der Waals surface area contributed by atoms with Crippen molar-refractivity contribution in [2.24, 2.45) is 0 Å². The summed E-state index contributed by atoms with van der Waals surface area (Å²) in [5.41, 5.74) is 19.8. The molecule has 2 heterocycles. The van der Waals surface area contributed by atoms with E-state index in [9.17, 15) is 0 Å². The highest BCUT2D eigenvalue weighted by molar-refractivity contribution is 6.20. The number of hydrogen-bond acceptors (Lipinski definition) is 2. The number of rotatable bonds is 3. The van der Waals surface area contributed by atoms with Gasteiger partial charge < -0.3 is 0 Å². The van der Waals surface area contributed by atoms with Crippen LogP contribution in [0.3, 0.4) is 0 Å². The number of benzene rings is 10. The van der Waals surface area contributed by atoms with Gasteiger partial charge in [0, 0.05) is 33.4 Å². The standard InChI is InChI=1S/C64H39N3/c1-3-20-41(21-4-1)58-39-60(66-62(65-58)42-22-5-2-6-23-42)67-59-38-48-46-27-11-14-30-52(46)64(57(48)37-49(59)47-36-35-40-19-7-8-24-43(40)61(47)67)55-33-17-15-31-53(55)63(54-32-16-18-34-56(54)64)50-28-12-9-25-44(50)45-26-10-13-29-51(45)63/h1-39H. The minimum atomic E-state index is -0.605. The molecule has 3 aliphatic rings. The van der Waals surface area contributed by atoms with Gasteiger partial charge >= 0.3 is 0 Å². The molecule has 0 saturated heterocycles. The molecule has 310 valence electrons. The van der Waals surface area contributed by atoms with Gasteiger partial charge in [-0.15, -0.1) is 0 Å². The molecule has 0 saturated carbocycles. The van der Waals surface area contributed by atoms with E-state index in [0.29, 0.717) is 5.82 Å². The smallest absolute Gasteiger partial charge is 0.162 e. The second-order valence-electron chi connectivity index (χ2n) is 18.3. The molecule has 0 atom stereocenters. The summed E-state index contributed by atoms with van der Waals surface area (Å²) < 4.78 is 2.42. The zero-order valence-corrected chi connectivity index (χ0v) is 36.4. The van der Waals surface area contributed by atoms with Crippen LogP contribution in [0.4, 0.5) is 0 Å². The molecule has 3 aliphatic carbocycles. The first-order chi connectivity index (χ1) is 33.2. The van der Waals surface area contributed by atoms with E-state index in [1.165, 1.54) is 88.3 Å². The van der Waals surface area contributed by atoms with Gasteiger partial charge in [-0.3, -0.25) is 4.57 Å². The van der Waals surface area contributed by atoms with Crippen LogP contribution in [-0.2, 0) is 10.8 Å². The zero-order chi connectivity index (χ0) is 43.8. The molecule has 0 bridgehead atoms. The van der Waals surface area contributed by atoms with Crippen LogP contribution in [0.15, 0.2) is 237 Å². The van der Waals surface area contributed by atoms with Crippen molar-refractivity contribution in [2.45, 2.75) is 10.8 Å². The zero-order valence-electron chi connectivity index (χ0n) is 36.4. The molecule has 67 heavy (non-hydrogen) atoms. The highest BCUT2D eigenvalue weighted by atomic mass is 15.1. The Bertz CT molecular complexity index is 3900. The van der Waals surface area contributed by atoms with E-state index in [-0.39, 0.29) is 0 Å². The van der Waals surface area contributed by atoms with E-state index < -0.39 is 10.8 Å². The molecule has 2 aromatic heterocycles. The van der Waals surface area contributed by atoms with Gasteiger partial charge in [0.1, 0.15) is 5.82 Å². The number of hydrogen-bond donors (Lipinski definition) is 0. The fraction of sp³-hybridized carbons (Fsp3) is 0.0312. The van der Waals surface area contributed by atoms with E-state index in [1.807, 2.05) is 6.07 Å². The summed E-state index contributed by atoms with van der Waals surface area (Å²) in [6.45, 7) is 0. The van der Waals surface area contributed by atoms with E-state index >= 15 is 0 Å². The predicted octanol–water partition coefficient (Wildman–Crippen LogP) is 15.1. The molecule has 0 N–H and O–H groups in total. The molecular weight excluding hydrogens is 811 g/mol. The maximum atomic E-state index is 5.49. The lowest BCUT2D eigenvalue weighted by molar-refractivity contribution is 0.633. The van der Waals surface area contributed by atoms with Gasteiger partial charge in [-0.2, -0.15) is 0 Å². The summed E-state index contributed by atoms with van der Waals surface area (Å²) in [6.07, 6.45) is 0. The van der Waals surface area contributed by atoms with Gasteiger partial charge in [0.05, 0.1) is 27.6 Å². The molecule has 0 radical (unpaired) electrons. The third-order valence-electron chi connectivity index (χ3n) is 15.3. The quantitative estimate of drug-likeness (QED) is 0.177. The van der Waals surface area contributed by atoms with Crippen molar-refractivity contribution in [3.63, 3.8) is 0 Å². The highest BCUT2D eigenvalue weighted by Gasteiger charge is 2.59. The Hall–Kier alpha value is -8.66. The SMILES string of the molecule is c1ccc(-c2cc(-n3c4cc5c(cc4c4ccc6ccccc6c43)C3(c4ccccc4-5)c4ccccc4C4(c5ccccc5-c5ccccc54)c4ccccc43)nc(-c3ccccc3)n2)cc1. The van der Waals surface area contributed by atoms with Crippen LogP contribution in [0, 0.1) is 0 Å². The topological polar surface area (TPSA) is 30.7 Å². The van der Waals surface area contributed by atoms with Crippen LogP contribution in [-0.4, -0.2) is 14.5 Å². The molecular formula is C64H39N3. The normalized spacial score (nSPS) is 14.2. The van der Waals surface area contributed by atoms with Crippen molar-refractivity contribution in [1.29, 1.82) is 0 Å². The van der Waals surface area contributed by atoms with Crippen LogP contribution < -0.4 is 0 Å². The highest BCUT2D eigenvalue weighted by Crippen LogP contribution is 2.67. The molecule has 10 aromatic carbocycles. The van der Waals surface area contributed by atoms with Crippen molar-refractivity contribution >= 4 is 32.6 Å². The Labute approximate surface area is 388 Å². The molecule has 0 fully saturated rings. The summed E-state index contributed by atoms with van der Waals surface area (Å²) in [5, 5.41) is 4.75. The molecule has 3 heteroatoms. The maximum absolute atomic E-state index is 5.49. The summed E-state index contributed by atoms with van der Waals surface area (Å²) in [6, 6.07) is 87.6. The Morgan fingerprint density at radius 1 is 0.313 bits per heavy atom. The molecule has 2 spiro atoms. The largest absolute Gasteiger partial charge is 0.293 e. The number of nitrogens with zero attached hydrogens (tertiary/aromatic N) is 3. The van der Waals surface area contributed by atoms with Crippen molar-refractivity contribution in [2.75, 3.05) is 0 Å². The van der Waals surface area contributed by atoms with Crippen LogP contribution in [0.25, 0.3) is 83.3 Å². The molecule has 0 aliphatic heterocycles. The molecule has 15 rings (SSSR count). The average Bonchev–Trinajstić information content (AvgIpc) is 4.00. The van der Waals surface area contributed by atoms with Crippen LogP contribution in [0.1, 0.15) is 44.5 Å². The first-order valence-corrected chi connectivity index (χ1v) is 23.2. The third-order valence-corrected chi connectivity index (χ3v) is 15.3. The summed E-state index contributed by atoms with van der Waals surface area (Å²) in [4.78, 5) is 10.7. The fourth-order valence-electron chi connectivity index (χ4n) is 12.8. The minimum Gasteiger partial charge on any atom is -0.293 e. The van der Waals surface area contributed by atoms with Crippen molar-refractivity contribution in [1.82, 2.24) is 14.5 Å². The van der Waals surface area contributed by atoms with Crippen molar-refractivity contribution < 1.29 is 0 Å². The van der Waals surface area contributed by atoms with Gasteiger partial charge in [-0.1, -0.05) is 218 Å². The fourth-order valence-corrected chi connectivity index (χ4v) is 12.8. The Balaban J connectivity index is 1.09. The van der Waals surface area contributed by atoms with Gasteiger partial charge in [0.15, 0.2) is 5.82 Å². The van der Waals surface area contributed by atoms with E-state index in [1.54, 1.807) is 0 Å². The molecule has 0 unspecified atom stereocenters. The first-order valence-electron chi connectivity index (χ1n) is 23.2. The molecule has 3 nitrogen and oxygen atoms in total. The Morgan fingerprint density at radius 2 is 0.791 bits per heavy atom. The van der Waals surface area contributed by atoms with E-state index in [4.69, 9.17) is 9.97 Å². The van der Waals surface area contributed by atoms with Gasteiger partial charge in [-0.25, -0.2) is 9.97 Å². The first kappa shape index (κ1) is 36.7. The lowest BCUT2D eigenvalue weighted by Gasteiger charge is -2.48. The van der Waals surface area contributed by atoms with Crippen LogP contribution >= 0.6 is 0 Å². The third kappa shape index (κ3) is 4.65. The maximum Gasteiger partial charge on any atom is 0.162 e. The minimum absolute atomic E-state index is 0.498. The van der Waals surface area contributed by atoms with E-state index in [0.717, 1.165) is 33.7 Å². The Morgan fingerprint density at radius 3 is 1.39 bits per heavy atom. The van der Waals surface area contributed by atoms with Gasteiger partial charge in [-0.05, 0) is 84.3 Å². The van der Waals surface area contributed by atoms with E-state index in [2.05, 4.69) is 235 Å². The van der Waals surface area contributed by atoms with Crippen LogP contribution in [0.2, 0.25) is 0 Å². The summed E-state index contributed by atoms with van der Waals surface area (Å²) in [5.74, 6) is 1.52. The van der Waals surface area contributed by atoms with Crippen molar-refractivity contribution in [3.8, 4) is 50.7 Å².